The van der Waals surface area contributed by atoms with Gasteiger partial charge in [-0.3, -0.25) is 10.1 Å². The Morgan fingerprint density at radius 1 is 1.44 bits per heavy atom. The Bertz CT molecular complexity index is 481. The third-order valence-corrected chi connectivity index (χ3v) is 3.25. The summed E-state index contributed by atoms with van der Waals surface area (Å²) in [7, 11) is 0. The van der Waals surface area contributed by atoms with E-state index in [1.807, 2.05) is 13.0 Å². The van der Waals surface area contributed by atoms with E-state index in [0.717, 1.165) is 18.5 Å². The summed E-state index contributed by atoms with van der Waals surface area (Å²) in [4.78, 5) is 10.6. The highest BCUT2D eigenvalue weighted by Crippen LogP contribution is 2.26. The summed E-state index contributed by atoms with van der Waals surface area (Å²) >= 11 is 0. The number of benzene rings is 1. The Morgan fingerprint density at radius 3 is 2.94 bits per heavy atom. The fraction of sp³-hybridized carbons (Fsp3) is 0.429. The number of anilines is 1. The topological polar surface area (TPSA) is 55.2 Å². The van der Waals surface area contributed by atoms with Crippen molar-refractivity contribution < 1.29 is 4.92 Å². The van der Waals surface area contributed by atoms with Crippen molar-refractivity contribution in [3.05, 3.63) is 45.5 Å². The molecule has 0 heterocycles. The summed E-state index contributed by atoms with van der Waals surface area (Å²) in [6.07, 6.45) is 6.87. The van der Waals surface area contributed by atoms with E-state index >= 15 is 0 Å². The summed E-state index contributed by atoms with van der Waals surface area (Å²) in [5, 5.41) is 14.1. The van der Waals surface area contributed by atoms with Crippen molar-refractivity contribution in [1.82, 2.24) is 0 Å². The van der Waals surface area contributed by atoms with Gasteiger partial charge in [0.1, 0.15) is 5.69 Å². The van der Waals surface area contributed by atoms with Gasteiger partial charge in [0, 0.05) is 12.6 Å². The van der Waals surface area contributed by atoms with Crippen LogP contribution in [0.1, 0.15) is 31.2 Å². The maximum atomic E-state index is 10.9. The molecule has 96 valence electrons. The van der Waals surface area contributed by atoms with E-state index in [1.165, 1.54) is 24.8 Å². The van der Waals surface area contributed by atoms with Crippen LogP contribution in [0.25, 0.3) is 0 Å². The van der Waals surface area contributed by atoms with E-state index < -0.39 is 0 Å². The van der Waals surface area contributed by atoms with Crippen molar-refractivity contribution in [3.63, 3.8) is 0 Å². The number of hydrogen-bond acceptors (Lipinski definition) is 3. The minimum Gasteiger partial charge on any atom is -0.379 e. The van der Waals surface area contributed by atoms with Crippen LogP contribution in [0.3, 0.4) is 0 Å². The molecule has 0 spiro atoms. The normalized spacial score (nSPS) is 14.4. The zero-order valence-corrected chi connectivity index (χ0v) is 10.6. The van der Waals surface area contributed by atoms with Gasteiger partial charge in [-0.05, 0) is 44.2 Å². The van der Waals surface area contributed by atoms with Crippen LogP contribution in [0, 0.1) is 17.0 Å². The Hall–Kier alpha value is -1.84. The summed E-state index contributed by atoms with van der Waals surface area (Å²) in [5.74, 6) is 0. The fourth-order valence-electron chi connectivity index (χ4n) is 2.26. The monoisotopic (exact) mass is 246 g/mol. The van der Waals surface area contributed by atoms with Crippen LogP contribution in [0.2, 0.25) is 0 Å². The molecule has 0 aliphatic heterocycles. The second-order valence-corrected chi connectivity index (χ2v) is 4.71. The van der Waals surface area contributed by atoms with Crippen molar-refractivity contribution in [3.8, 4) is 0 Å². The van der Waals surface area contributed by atoms with Crippen LogP contribution in [-0.4, -0.2) is 11.5 Å². The molecule has 0 radical (unpaired) electrons. The molecule has 0 atom stereocenters. The van der Waals surface area contributed by atoms with Crippen molar-refractivity contribution >= 4 is 11.4 Å². The number of rotatable bonds is 5. The highest BCUT2D eigenvalue weighted by Gasteiger charge is 2.13. The van der Waals surface area contributed by atoms with Crippen LogP contribution in [-0.2, 0) is 0 Å². The zero-order chi connectivity index (χ0) is 13.0. The van der Waals surface area contributed by atoms with Gasteiger partial charge in [-0.2, -0.15) is 0 Å². The molecular weight excluding hydrogens is 228 g/mol. The Balaban J connectivity index is 1.98. The van der Waals surface area contributed by atoms with Gasteiger partial charge in [0.2, 0.25) is 0 Å². The smallest absolute Gasteiger partial charge is 0.292 e. The molecule has 0 saturated heterocycles. The van der Waals surface area contributed by atoms with Crippen LogP contribution >= 0.6 is 0 Å². The maximum absolute atomic E-state index is 10.9. The van der Waals surface area contributed by atoms with Gasteiger partial charge in [-0.25, -0.2) is 0 Å². The van der Waals surface area contributed by atoms with Gasteiger partial charge in [0.05, 0.1) is 4.92 Å². The SMILES string of the molecule is Cc1ccc(NCCC2=CCCC2)c([N+](=O)[O-])c1. The minimum absolute atomic E-state index is 0.162. The standard InChI is InChI=1S/C14H18N2O2/c1-11-6-7-13(14(10-11)16(17)18)15-9-8-12-4-2-3-5-12/h4,6-7,10,15H,2-3,5,8-9H2,1H3. The molecule has 1 aliphatic carbocycles. The fourth-order valence-corrected chi connectivity index (χ4v) is 2.26. The lowest BCUT2D eigenvalue weighted by Crippen LogP contribution is -2.05. The van der Waals surface area contributed by atoms with Crippen LogP contribution in [0.5, 0.6) is 0 Å². The molecule has 0 amide bonds. The predicted octanol–water partition coefficient (Wildman–Crippen LogP) is 3.82. The second-order valence-electron chi connectivity index (χ2n) is 4.71. The molecule has 0 aromatic heterocycles. The van der Waals surface area contributed by atoms with E-state index in [2.05, 4.69) is 11.4 Å². The molecule has 1 aliphatic rings. The van der Waals surface area contributed by atoms with Gasteiger partial charge < -0.3 is 5.32 Å². The van der Waals surface area contributed by atoms with Gasteiger partial charge in [-0.15, -0.1) is 0 Å². The van der Waals surface area contributed by atoms with Crippen molar-refractivity contribution in [1.29, 1.82) is 0 Å². The van der Waals surface area contributed by atoms with E-state index in [1.54, 1.807) is 12.1 Å². The Labute approximate surface area is 107 Å². The molecule has 0 bridgehead atoms. The number of hydrogen-bond donors (Lipinski definition) is 1. The maximum Gasteiger partial charge on any atom is 0.292 e. The van der Waals surface area contributed by atoms with Crippen LogP contribution in [0.4, 0.5) is 11.4 Å². The summed E-state index contributed by atoms with van der Waals surface area (Å²) < 4.78 is 0. The van der Waals surface area contributed by atoms with Crippen LogP contribution < -0.4 is 5.32 Å². The van der Waals surface area contributed by atoms with E-state index in [4.69, 9.17) is 0 Å². The highest BCUT2D eigenvalue weighted by molar-refractivity contribution is 5.62. The lowest BCUT2D eigenvalue weighted by Gasteiger charge is -2.08. The van der Waals surface area contributed by atoms with E-state index in [-0.39, 0.29) is 10.6 Å². The molecule has 1 aromatic carbocycles. The number of nitrogens with one attached hydrogen (secondary N) is 1. The molecule has 0 saturated carbocycles. The van der Waals surface area contributed by atoms with E-state index in [0.29, 0.717) is 5.69 Å². The molecule has 2 rings (SSSR count). The molecule has 18 heavy (non-hydrogen) atoms. The third-order valence-electron chi connectivity index (χ3n) is 3.25. The quantitative estimate of drug-likeness (QED) is 0.488. The zero-order valence-electron chi connectivity index (χ0n) is 10.6. The highest BCUT2D eigenvalue weighted by atomic mass is 16.6. The number of nitro benzene ring substituents is 1. The first kappa shape index (κ1) is 12.6. The first-order chi connectivity index (χ1) is 8.66. The van der Waals surface area contributed by atoms with Gasteiger partial charge >= 0.3 is 0 Å². The number of allylic oxidation sites excluding steroid dienone is 1. The van der Waals surface area contributed by atoms with Gasteiger partial charge in [-0.1, -0.05) is 17.7 Å². The molecule has 0 fully saturated rings. The largest absolute Gasteiger partial charge is 0.379 e. The average Bonchev–Trinajstić information content (AvgIpc) is 2.84. The molecule has 0 unspecified atom stereocenters. The van der Waals surface area contributed by atoms with Gasteiger partial charge in [0.25, 0.3) is 5.69 Å². The number of nitro groups is 1. The molecule has 1 N–H and O–H groups in total. The van der Waals surface area contributed by atoms with Crippen LogP contribution in [0.15, 0.2) is 29.8 Å². The Kier molecular flexibility index (Phi) is 3.97. The summed E-state index contributed by atoms with van der Waals surface area (Å²) in [5.41, 5.74) is 3.16. The molecular formula is C14H18N2O2. The minimum atomic E-state index is -0.329. The number of nitrogens with zero attached hydrogens (tertiary/aromatic N) is 1. The average molecular weight is 246 g/mol. The second kappa shape index (κ2) is 5.67. The lowest BCUT2D eigenvalue weighted by atomic mass is 10.1. The van der Waals surface area contributed by atoms with Crippen molar-refractivity contribution in [2.75, 3.05) is 11.9 Å². The third kappa shape index (κ3) is 3.09. The van der Waals surface area contributed by atoms with Crippen molar-refractivity contribution in [2.45, 2.75) is 32.6 Å². The summed E-state index contributed by atoms with van der Waals surface area (Å²) in [6, 6.07) is 5.29. The molecule has 4 heteroatoms. The van der Waals surface area contributed by atoms with Crippen molar-refractivity contribution in [2.24, 2.45) is 0 Å². The predicted molar refractivity (Wildman–Crippen MR) is 72.9 cm³/mol. The Morgan fingerprint density at radius 2 is 2.28 bits per heavy atom. The van der Waals surface area contributed by atoms with Gasteiger partial charge in [0.15, 0.2) is 0 Å². The first-order valence-corrected chi connectivity index (χ1v) is 6.33. The lowest BCUT2D eigenvalue weighted by molar-refractivity contribution is -0.384. The van der Waals surface area contributed by atoms with E-state index in [9.17, 15) is 10.1 Å². The number of aryl methyl sites for hydroxylation is 1. The molecule has 4 nitrogen and oxygen atoms in total. The first-order valence-electron chi connectivity index (χ1n) is 6.33. The summed E-state index contributed by atoms with van der Waals surface area (Å²) in [6.45, 7) is 2.62. The molecule has 1 aromatic rings.